The van der Waals surface area contributed by atoms with E-state index in [-0.39, 0.29) is 176 Å². The number of imide groups is 4. The quantitative estimate of drug-likeness (QED) is 0.0468. The first kappa shape index (κ1) is 100. The molecule has 42 heteroatoms. The van der Waals surface area contributed by atoms with Crippen LogP contribution in [-0.2, 0) is 77.2 Å². The Kier molecular flexibility index (Phi) is 36.5. The molecule has 24 nitrogen and oxygen atoms in total. The predicted octanol–water partition coefficient (Wildman–Crippen LogP) is 13.4. The predicted molar refractivity (Wildman–Crippen MR) is 386 cm³/mol. The van der Waals surface area contributed by atoms with Gasteiger partial charge in [0.1, 0.15) is 0 Å². The molecular weight excluding hydrogens is 1920 g/mol. The van der Waals surface area contributed by atoms with Crippen LogP contribution in [0.4, 0.5) is 0 Å². The summed E-state index contributed by atoms with van der Waals surface area (Å²) in [6.45, 7) is 26.0. The number of carbonyl (C=O) groups excluding carboxylic acids is 14. The number of aliphatic carboxylic acids is 4. The van der Waals surface area contributed by atoms with Crippen molar-refractivity contribution in [2.75, 3.05) is 13.2 Å². The number of ether oxygens (including phenoxy) is 2. The van der Waals surface area contributed by atoms with Crippen molar-refractivity contribution in [1.82, 2.24) is 19.6 Å². The van der Waals surface area contributed by atoms with E-state index >= 15 is 0 Å². The second-order valence-electron chi connectivity index (χ2n) is 26.1. The average molecular weight is 1970 g/mol. The largest absolute Gasteiger partial charge is 2.00 e. The monoisotopic (exact) mass is 1970 g/mol. The van der Waals surface area contributed by atoms with Crippen molar-refractivity contribution in [2.45, 2.75) is 135 Å². The van der Waals surface area contributed by atoms with E-state index in [1.165, 1.54) is 13.8 Å². The molecule has 0 unspecified atom stereocenters. The third-order valence-electron chi connectivity index (χ3n) is 14.4. The zero-order valence-electron chi connectivity index (χ0n) is 57.4. The second-order valence-corrected chi connectivity index (χ2v) is 32.2. The van der Waals surface area contributed by atoms with E-state index in [1.807, 2.05) is 0 Å². The molecule has 106 heavy (non-hydrogen) atoms. The molecule has 0 N–H and O–H groups in total. The molecule has 0 saturated carbocycles. The molecule has 4 atom stereocenters. The smallest absolute Gasteiger partial charge is 0.548 e. The average Bonchev–Trinajstić information content (AvgIpc) is 1.60. The van der Waals surface area contributed by atoms with Gasteiger partial charge < -0.3 is 49.1 Å². The van der Waals surface area contributed by atoms with E-state index in [1.54, 1.807) is 96.9 Å². The first-order valence-corrected chi connectivity index (χ1v) is 35.3. The molecule has 0 aromatic heterocycles. The van der Waals surface area contributed by atoms with Crippen LogP contribution < -0.4 is 20.4 Å². The number of esters is 2. The number of hydrogen-bond acceptors (Lipinski definition) is 20. The minimum absolute atomic E-state index is 0. The summed E-state index contributed by atoms with van der Waals surface area (Å²) >= 11 is 95.2. The second kappa shape index (κ2) is 38.6. The van der Waals surface area contributed by atoms with E-state index in [4.69, 9.17) is 186 Å². The number of benzene rings is 4. The molecule has 0 spiro atoms. The maximum atomic E-state index is 12.6. The summed E-state index contributed by atoms with van der Waals surface area (Å²) in [5, 5.41) is 42.6. The van der Waals surface area contributed by atoms with Gasteiger partial charge in [-0.3, -0.25) is 67.5 Å². The summed E-state index contributed by atoms with van der Waals surface area (Å²) in [6, 6.07) is -6.06. The van der Waals surface area contributed by atoms with Crippen LogP contribution in [0.5, 0.6) is 0 Å². The van der Waals surface area contributed by atoms with Crippen LogP contribution in [0.3, 0.4) is 0 Å². The molecule has 4 aliphatic rings. The first-order chi connectivity index (χ1) is 47.2. The molecule has 4 aliphatic heterocycles. The van der Waals surface area contributed by atoms with Gasteiger partial charge >= 0.3 is 50.9 Å². The number of amides is 8. The van der Waals surface area contributed by atoms with Gasteiger partial charge in [-0.25, -0.2) is 0 Å². The summed E-state index contributed by atoms with van der Waals surface area (Å²) in [4.78, 5) is 169. The van der Waals surface area contributed by atoms with Crippen LogP contribution in [0.1, 0.15) is 194 Å². The van der Waals surface area contributed by atoms with Gasteiger partial charge in [0.15, 0.2) is 0 Å². The zero-order valence-corrected chi connectivity index (χ0v) is 72.8. The van der Waals surface area contributed by atoms with E-state index in [0.717, 1.165) is 0 Å². The molecule has 4 heterocycles. The van der Waals surface area contributed by atoms with Crippen molar-refractivity contribution in [2.24, 2.45) is 21.7 Å². The SMILES string of the molecule is CC(C)(C)[C@@H](C(=O)[O-])N1C(=O)c2c(Cl)c(Cl)c(Cl)c(Cl)c2C1=O.CC(C)(C)[C@@H](C(=O)[O-])N1C(=O)c2c(Cl)c(Cl)c(Cl)c(Cl)c2C1=O.CC(C)(C)[C@@H](C(=O)[O-])N1C(=O)c2c(Cl)c(Cl)c(Cl)c(Cl)c2C1=O.CC(C)(C)[C@@H](C(=O)[O-])N1C(=O)c2c(Cl)c(Cl)c(Cl)c(Cl)c2C1=O.CCOC(C)=O.CCOC(C)=O.[Rh+2].[Rh+2]. The summed E-state index contributed by atoms with van der Waals surface area (Å²) in [5.74, 6) is -13.9. The van der Waals surface area contributed by atoms with Crippen molar-refractivity contribution in [3.63, 3.8) is 0 Å². The fourth-order valence-corrected chi connectivity index (χ4v) is 14.3. The van der Waals surface area contributed by atoms with Gasteiger partial charge in [0.2, 0.25) is 0 Å². The Labute approximate surface area is 712 Å². The van der Waals surface area contributed by atoms with Crippen molar-refractivity contribution in [3.05, 3.63) is 125 Å². The molecule has 8 rings (SSSR count). The van der Waals surface area contributed by atoms with Gasteiger partial charge in [-0.15, -0.1) is 0 Å². The number of carboxylic acids is 4. The first-order valence-electron chi connectivity index (χ1n) is 29.2. The van der Waals surface area contributed by atoms with E-state index in [0.29, 0.717) is 32.8 Å². The maximum absolute atomic E-state index is 12.6. The van der Waals surface area contributed by atoms with Crippen LogP contribution in [-0.4, -0.2) is 140 Å². The third kappa shape index (κ3) is 20.7. The topological polar surface area (TPSA) is 363 Å². The Bertz CT molecular complexity index is 3650. The zero-order chi connectivity index (χ0) is 81.4. The van der Waals surface area contributed by atoms with E-state index < -0.39 is 117 Å². The van der Waals surface area contributed by atoms with E-state index in [9.17, 15) is 87.5 Å². The summed E-state index contributed by atoms with van der Waals surface area (Å²) in [5.41, 5.74) is -5.96. The molecule has 2 radical (unpaired) electrons. The van der Waals surface area contributed by atoms with Crippen LogP contribution in [0.2, 0.25) is 80.4 Å². The van der Waals surface area contributed by atoms with E-state index in [2.05, 4.69) is 9.47 Å². The Hall–Kier alpha value is -3.85. The van der Waals surface area contributed by atoms with Gasteiger partial charge in [-0.05, 0) is 35.5 Å². The number of nitrogens with zero attached hydrogens (tertiary/aromatic N) is 4. The molecule has 0 saturated heterocycles. The summed E-state index contributed by atoms with van der Waals surface area (Å²) in [6.07, 6.45) is 0. The Balaban J connectivity index is 0.000000666. The van der Waals surface area contributed by atoms with Gasteiger partial charge in [0, 0.05) is 13.8 Å². The third-order valence-corrected chi connectivity index (χ3v) is 21.6. The standard InChI is InChI=1S/4C14H11Cl4NO4.2C4H8O2.2Rh/c4*1-14(2,3)10(13(22)23)19-11(20)4-5(12(19)21)7(16)9(18)8(17)6(4)15;2*1-3-6-4(2)5;;/h4*10H,1-3H3,(H,22,23);2*3H2,1-2H3;;/q;;;;;;2*+2/p-4/t4*10-;;;;/m1111..../s1. The van der Waals surface area contributed by atoms with Gasteiger partial charge in [0.25, 0.3) is 47.3 Å². The number of halogens is 16. The van der Waals surface area contributed by atoms with Crippen LogP contribution >= 0.6 is 186 Å². The van der Waals surface area contributed by atoms with Gasteiger partial charge in [-0.2, -0.15) is 0 Å². The summed E-state index contributed by atoms with van der Waals surface area (Å²) in [7, 11) is 0. The van der Waals surface area contributed by atoms with Crippen molar-refractivity contribution >= 4 is 269 Å². The molecule has 4 aromatic carbocycles. The molecule has 0 bridgehead atoms. The van der Waals surface area contributed by atoms with Gasteiger partial charge in [-0.1, -0.05) is 269 Å². The Morgan fingerprint density at radius 3 is 0.434 bits per heavy atom. The Morgan fingerprint density at radius 2 is 0.377 bits per heavy atom. The number of fused-ring (bicyclic) bond motifs is 4. The van der Waals surface area contributed by atoms with Crippen LogP contribution in [0, 0.1) is 21.7 Å². The number of rotatable bonds is 10. The minimum atomic E-state index is -1.57. The number of hydrogen-bond donors (Lipinski definition) is 0. The molecular formula is C64H56Cl16N4O20Rh2. The normalized spacial score (nSPS) is 14.6. The van der Waals surface area contributed by atoms with Crippen molar-refractivity contribution in [3.8, 4) is 0 Å². The molecule has 0 aliphatic carbocycles. The van der Waals surface area contributed by atoms with Crippen molar-refractivity contribution < 1.29 is 136 Å². The molecule has 4 aromatic rings. The maximum Gasteiger partial charge on any atom is 2.00 e. The van der Waals surface area contributed by atoms with Crippen LogP contribution in [0.25, 0.3) is 0 Å². The fraction of sp³-hybridized carbons (Fsp3) is 0.406. The van der Waals surface area contributed by atoms with Gasteiger partial charge in [0.05, 0.1) is 186 Å². The fourth-order valence-electron chi connectivity index (χ4n) is 10.2. The summed E-state index contributed by atoms with van der Waals surface area (Å²) < 4.78 is 8.81. The number of carboxylic acid groups (broad SMARTS) is 4. The van der Waals surface area contributed by atoms with Crippen molar-refractivity contribution in [1.29, 1.82) is 0 Å². The minimum Gasteiger partial charge on any atom is -0.548 e. The van der Waals surface area contributed by atoms with Crippen LogP contribution in [0.15, 0.2) is 0 Å². The Morgan fingerprint density at radius 1 is 0.274 bits per heavy atom. The number of carbonyl (C=O) groups is 14. The molecule has 0 fully saturated rings. The molecule has 8 amide bonds. The molecule has 582 valence electrons.